The average Bonchev–Trinajstić information content (AvgIpc) is 2.97. The number of anilines is 3. The van der Waals surface area contributed by atoms with Gasteiger partial charge in [-0.15, -0.1) is 0 Å². The molecule has 0 saturated heterocycles. The van der Waals surface area contributed by atoms with Crippen molar-refractivity contribution in [1.29, 1.82) is 0 Å². The number of hydrogen-bond acceptors (Lipinski definition) is 4. The molecule has 1 amide bonds. The highest BCUT2D eigenvalue weighted by atomic mass is 35.5. The topological polar surface area (TPSA) is 66.9 Å². The largest absolute Gasteiger partial charge is 0.326 e. The molecule has 1 aromatic heterocycles. The van der Waals surface area contributed by atoms with Crippen molar-refractivity contribution in [3.05, 3.63) is 65.4 Å². The number of carbonyl (C=O) groups is 1. The molecular weight excluding hydrogens is 324 g/mol. The highest BCUT2D eigenvalue weighted by molar-refractivity contribution is 6.30. The summed E-state index contributed by atoms with van der Waals surface area (Å²) < 4.78 is 0. The second-order valence-corrected chi connectivity index (χ2v) is 5.96. The molecule has 2 heterocycles. The van der Waals surface area contributed by atoms with Crippen LogP contribution in [0.25, 0.3) is 11.1 Å². The number of nitrogens with one attached hydrogen (secondary N) is 2. The van der Waals surface area contributed by atoms with Crippen LogP contribution in [0.2, 0.25) is 5.02 Å². The molecule has 3 aromatic rings. The fourth-order valence-corrected chi connectivity index (χ4v) is 2.72. The van der Waals surface area contributed by atoms with E-state index >= 15 is 0 Å². The minimum absolute atomic E-state index is 0.0286. The van der Waals surface area contributed by atoms with Gasteiger partial charge in [0.25, 0.3) is 0 Å². The number of amides is 1. The first-order chi connectivity index (χ1) is 11.7. The van der Waals surface area contributed by atoms with Crippen LogP contribution in [0.5, 0.6) is 0 Å². The van der Waals surface area contributed by atoms with Gasteiger partial charge >= 0.3 is 0 Å². The molecule has 24 heavy (non-hydrogen) atoms. The van der Waals surface area contributed by atoms with Crippen molar-refractivity contribution in [2.45, 2.75) is 6.42 Å². The summed E-state index contributed by atoms with van der Waals surface area (Å²) in [4.78, 5) is 20.1. The summed E-state index contributed by atoms with van der Waals surface area (Å²) in [6.07, 6.45) is 3.95. The number of carbonyl (C=O) groups excluding carboxylic acids is 1. The number of halogens is 1. The van der Waals surface area contributed by atoms with Gasteiger partial charge in [-0.1, -0.05) is 23.7 Å². The van der Waals surface area contributed by atoms with Gasteiger partial charge < -0.3 is 10.6 Å². The number of nitrogens with zero attached hydrogens (tertiary/aromatic N) is 2. The number of benzene rings is 2. The molecule has 118 valence electrons. The Hall–Kier alpha value is -2.92. The molecule has 0 spiro atoms. The summed E-state index contributed by atoms with van der Waals surface area (Å²) in [5.41, 5.74) is 4.61. The average molecular weight is 337 g/mol. The number of rotatable bonds is 3. The van der Waals surface area contributed by atoms with Crippen LogP contribution in [0, 0.1) is 0 Å². The Bertz CT molecular complexity index is 907. The van der Waals surface area contributed by atoms with Crippen LogP contribution >= 0.6 is 11.6 Å². The Labute approximate surface area is 143 Å². The molecule has 0 bridgehead atoms. The first-order valence-electron chi connectivity index (χ1n) is 7.45. The van der Waals surface area contributed by atoms with E-state index in [1.54, 1.807) is 24.5 Å². The third-order valence-corrected chi connectivity index (χ3v) is 4.07. The van der Waals surface area contributed by atoms with Crippen LogP contribution in [0.4, 0.5) is 17.3 Å². The second-order valence-electron chi connectivity index (χ2n) is 5.52. The summed E-state index contributed by atoms with van der Waals surface area (Å²) in [5, 5.41) is 6.65. The summed E-state index contributed by atoms with van der Waals surface area (Å²) in [5.74, 6) is 0.538. The molecule has 6 heteroatoms. The van der Waals surface area contributed by atoms with Crippen LogP contribution in [0.3, 0.4) is 0 Å². The van der Waals surface area contributed by atoms with Gasteiger partial charge in [0.05, 0.1) is 6.42 Å². The van der Waals surface area contributed by atoms with E-state index in [-0.39, 0.29) is 5.91 Å². The predicted molar refractivity (Wildman–Crippen MR) is 94.5 cm³/mol. The van der Waals surface area contributed by atoms with Crippen molar-refractivity contribution in [1.82, 2.24) is 9.97 Å². The van der Waals surface area contributed by atoms with Crippen LogP contribution in [0.15, 0.2) is 54.9 Å². The van der Waals surface area contributed by atoms with Crippen molar-refractivity contribution in [2.75, 3.05) is 10.6 Å². The quantitative estimate of drug-likeness (QED) is 0.757. The maximum Gasteiger partial charge on any atom is 0.228 e. The molecule has 2 aromatic carbocycles. The van der Waals surface area contributed by atoms with Gasteiger partial charge in [-0.3, -0.25) is 4.79 Å². The van der Waals surface area contributed by atoms with Gasteiger partial charge in [-0.25, -0.2) is 9.97 Å². The SMILES string of the molecule is O=C1Cc2ccc(-c3cnc(Nc4ccc(Cl)cc4)nc3)cc2N1. The monoisotopic (exact) mass is 336 g/mol. The molecule has 0 fully saturated rings. The van der Waals surface area contributed by atoms with E-state index in [1.165, 1.54) is 0 Å². The first kappa shape index (κ1) is 14.7. The van der Waals surface area contributed by atoms with Crippen LogP contribution in [-0.2, 0) is 11.2 Å². The molecular formula is C18H13ClN4O. The van der Waals surface area contributed by atoms with Gasteiger partial charge in [0, 0.05) is 34.4 Å². The third-order valence-electron chi connectivity index (χ3n) is 3.82. The molecule has 0 atom stereocenters. The van der Waals surface area contributed by atoms with Gasteiger partial charge in [0.1, 0.15) is 0 Å². The minimum atomic E-state index is 0.0286. The molecule has 2 N–H and O–H groups in total. The van der Waals surface area contributed by atoms with Crippen molar-refractivity contribution in [3.8, 4) is 11.1 Å². The lowest BCUT2D eigenvalue weighted by Crippen LogP contribution is -2.03. The summed E-state index contributed by atoms with van der Waals surface area (Å²) in [7, 11) is 0. The van der Waals surface area contributed by atoms with E-state index in [0.29, 0.717) is 17.4 Å². The van der Waals surface area contributed by atoms with Gasteiger partial charge in [0.2, 0.25) is 11.9 Å². The standard InChI is InChI=1S/C18H13ClN4O/c19-14-3-5-15(6-4-14)22-18-20-9-13(10-21-18)11-1-2-12-8-17(24)23-16(12)7-11/h1-7,9-10H,8H2,(H,23,24)(H,20,21,22). The van der Waals surface area contributed by atoms with E-state index in [2.05, 4.69) is 20.6 Å². The number of hydrogen-bond donors (Lipinski definition) is 2. The van der Waals surface area contributed by atoms with Gasteiger partial charge in [-0.05, 0) is 41.5 Å². The van der Waals surface area contributed by atoms with Crippen LogP contribution < -0.4 is 10.6 Å². The first-order valence-corrected chi connectivity index (χ1v) is 7.83. The van der Waals surface area contributed by atoms with Crippen molar-refractivity contribution in [2.24, 2.45) is 0 Å². The van der Waals surface area contributed by atoms with E-state index in [9.17, 15) is 4.79 Å². The highest BCUT2D eigenvalue weighted by Crippen LogP contribution is 2.29. The zero-order valence-corrected chi connectivity index (χ0v) is 13.3. The lowest BCUT2D eigenvalue weighted by molar-refractivity contribution is -0.115. The Balaban J connectivity index is 1.55. The molecule has 4 rings (SSSR count). The van der Waals surface area contributed by atoms with Crippen molar-refractivity contribution in [3.63, 3.8) is 0 Å². The van der Waals surface area contributed by atoms with E-state index in [4.69, 9.17) is 11.6 Å². The second kappa shape index (κ2) is 5.94. The third kappa shape index (κ3) is 2.94. The smallest absolute Gasteiger partial charge is 0.228 e. The Kier molecular flexibility index (Phi) is 3.63. The van der Waals surface area contributed by atoms with Gasteiger partial charge in [0.15, 0.2) is 0 Å². The summed E-state index contributed by atoms with van der Waals surface area (Å²) >= 11 is 5.87. The normalized spacial score (nSPS) is 12.6. The zero-order valence-electron chi connectivity index (χ0n) is 12.6. The van der Waals surface area contributed by atoms with Gasteiger partial charge in [-0.2, -0.15) is 0 Å². The van der Waals surface area contributed by atoms with E-state index < -0.39 is 0 Å². The molecule has 0 aliphatic carbocycles. The molecule has 1 aliphatic heterocycles. The lowest BCUT2D eigenvalue weighted by atomic mass is 10.1. The molecule has 0 saturated carbocycles. The highest BCUT2D eigenvalue weighted by Gasteiger charge is 2.17. The zero-order chi connectivity index (χ0) is 16.5. The van der Waals surface area contributed by atoms with Crippen molar-refractivity contribution >= 4 is 34.8 Å². The molecule has 5 nitrogen and oxygen atoms in total. The summed E-state index contributed by atoms with van der Waals surface area (Å²) in [6.45, 7) is 0. The number of aromatic nitrogens is 2. The molecule has 0 unspecified atom stereocenters. The van der Waals surface area contributed by atoms with Crippen LogP contribution in [-0.4, -0.2) is 15.9 Å². The maximum atomic E-state index is 11.4. The van der Waals surface area contributed by atoms with Crippen LogP contribution in [0.1, 0.15) is 5.56 Å². The maximum absolute atomic E-state index is 11.4. The molecule has 0 radical (unpaired) electrons. The van der Waals surface area contributed by atoms with E-state index in [0.717, 1.165) is 28.1 Å². The minimum Gasteiger partial charge on any atom is -0.326 e. The van der Waals surface area contributed by atoms with Crippen molar-refractivity contribution < 1.29 is 4.79 Å². The summed E-state index contributed by atoms with van der Waals surface area (Å²) in [6, 6.07) is 13.2. The fourth-order valence-electron chi connectivity index (χ4n) is 2.60. The lowest BCUT2D eigenvalue weighted by Gasteiger charge is -2.07. The number of fused-ring (bicyclic) bond motifs is 1. The Morgan fingerprint density at radius 3 is 2.50 bits per heavy atom. The predicted octanol–water partition coefficient (Wildman–Crippen LogP) is 4.04. The Morgan fingerprint density at radius 1 is 1.00 bits per heavy atom. The molecule has 1 aliphatic rings. The fraction of sp³-hybridized carbons (Fsp3) is 0.0556. The Morgan fingerprint density at radius 2 is 1.75 bits per heavy atom. The van der Waals surface area contributed by atoms with E-state index in [1.807, 2.05) is 30.3 Å².